The maximum Gasteiger partial charge on any atom is 0.0757 e. The molecule has 0 saturated heterocycles. The molecule has 1 unspecified atom stereocenters. The van der Waals surface area contributed by atoms with Gasteiger partial charge in [0.05, 0.1) is 12.4 Å². The number of rotatable bonds is 5. The summed E-state index contributed by atoms with van der Waals surface area (Å²) in [6.07, 6.45) is 3.69. The van der Waals surface area contributed by atoms with Gasteiger partial charge in [-0.25, -0.2) is 0 Å². The second kappa shape index (κ2) is 7.39. The number of alkyl halides is 1. The van der Waals surface area contributed by atoms with E-state index in [0.717, 1.165) is 3.79 Å². The fourth-order valence-electron chi connectivity index (χ4n) is 1.94. The van der Waals surface area contributed by atoms with E-state index < -0.39 is 0 Å². The van der Waals surface area contributed by atoms with Gasteiger partial charge in [-0.15, -0.1) is 11.3 Å². The summed E-state index contributed by atoms with van der Waals surface area (Å²) in [6, 6.07) is 11.1. The highest BCUT2D eigenvalue weighted by Gasteiger charge is 2.16. The Hall–Kier alpha value is 0.360. The van der Waals surface area contributed by atoms with Crippen molar-refractivity contribution in [2.24, 2.45) is 0 Å². The van der Waals surface area contributed by atoms with Gasteiger partial charge in [-0.1, -0.05) is 53.5 Å². The van der Waals surface area contributed by atoms with Gasteiger partial charge in [-0.3, -0.25) is 0 Å². The molecule has 1 atom stereocenters. The number of unbranched alkanes of at least 4 members (excludes halogenated alkanes) is 1. The van der Waals surface area contributed by atoms with E-state index in [2.05, 4.69) is 85.0 Å². The third kappa shape index (κ3) is 4.16. The van der Waals surface area contributed by atoms with Crippen molar-refractivity contribution in [3.05, 3.63) is 54.6 Å². The summed E-state index contributed by atoms with van der Waals surface area (Å²) in [5.74, 6) is 0. The molecule has 0 bridgehead atoms. The number of benzene rings is 1. The van der Waals surface area contributed by atoms with E-state index in [1.54, 1.807) is 11.3 Å². The monoisotopic (exact) mass is 464 g/mol. The molecule has 4 heteroatoms. The van der Waals surface area contributed by atoms with Crippen LogP contribution in [0.3, 0.4) is 0 Å². The van der Waals surface area contributed by atoms with Crippen molar-refractivity contribution in [2.45, 2.75) is 31.0 Å². The summed E-state index contributed by atoms with van der Waals surface area (Å²) >= 11 is 12.7. The molecule has 0 aliphatic rings. The third-order valence-corrected chi connectivity index (χ3v) is 6.46. The van der Waals surface area contributed by atoms with E-state index in [0.29, 0.717) is 0 Å². The van der Waals surface area contributed by atoms with Crippen LogP contribution in [-0.4, -0.2) is 0 Å². The Morgan fingerprint density at radius 1 is 1.16 bits per heavy atom. The summed E-state index contributed by atoms with van der Waals surface area (Å²) in [4.78, 5) is 0.240. The Labute approximate surface area is 144 Å². The van der Waals surface area contributed by atoms with Crippen molar-refractivity contribution in [2.75, 3.05) is 0 Å². The van der Waals surface area contributed by atoms with E-state index in [1.165, 1.54) is 39.7 Å². The number of thiophene rings is 1. The number of halogens is 3. The molecule has 0 amide bonds. The van der Waals surface area contributed by atoms with Crippen LogP contribution in [0.2, 0.25) is 0 Å². The smallest absolute Gasteiger partial charge is 0.0757 e. The molecule has 0 fully saturated rings. The van der Waals surface area contributed by atoms with Crippen molar-refractivity contribution in [3.8, 4) is 0 Å². The van der Waals surface area contributed by atoms with Gasteiger partial charge < -0.3 is 0 Å². The summed E-state index contributed by atoms with van der Waals surface area (Å²) in [7, 11) is 0. The van der Waals surface area contributed by atoms with Gasteiger partial charge in [0.1, 0.15) is 0 Å². The fraction of sp³-hybridized carbons (Fsp3) is 0.333. The lowest BCUT2D eigenvalue weighted by atomic mass is 10.0. The second-order valence-electron chi connectivity index (χ2n) is 4.49. The first-order chi connectivity index (χ1) is 9.11. The highest BCUT2D eigenvalue weighted by molar-refractivity contribution is 9.12. The Bertz CT molecular complexity index is 531. The van der Waals surface area contributed by atoms with E-state index in [1.807, 2.05) is 0 Å². The van der Waals surface area contributed by atoms with Crippen LogP contribution in [0.5, 0.6) is 0 Å². The lowest BCUT2D eigenvalue weighted by molar-refractivity contribution is 0.795. The van der Waals surface area contributed by atoms with Crippen LogP contribution >= 0.6 is 59.1 Å². The maximum atomic E-state index is 3.79. The zero-order chi connectivity index (χ0) is 13.8. The van der Waals surface area contributed by atoms with E-state index in [-0.39, 0.29) is 4.83 Å². The SMILES string of the molecule is CCCCc1ccc(C(Br)c2cc(Br)sc2Br)cc1. The summed E-state index contributed by atoms with van der Waals surface area (Å²) in [6.45, 7) is 2.23. The number of aryl methyl sites for hydroxylation is 1. The van der Waals surface area contributed by atoms with Gasteiger partial charge in [-0.05, 0) is 67.5 Å². The van der Waals surface area contributed by atoms with Crippen molar-refractivity contribution >= 4 is 59.1 Å². The summed E-state index contributed by atoms with van der Waals surface area (Å²) < 4.78 is 2.33. The first-order valence-corrected chi connectivity index (χ1v) is 9.61. The number of hydrogen-bond acceptors (Lipinski definition) is 1. The van der Waals surface area contributed by atoms with Gasteiger partial charge in [0.25, 0.3) is 0 Å². The zero-order valence-corrected chi connectivity index (χ0v) is 16.2. The van der Waals surface area contributed by atoms with Crippen LogP contribution in [0.25, 0.3) is 0 Å². The third-order valence-electron chi connectivity index (χ3n) is 3.05. The molecule has 1 aromatic carbocycles. The normalized spacial score (nSPS) is 12.6. The molecular formula is C15H15Br3S. The van der Waals surface area contributed by atoms with Gasteiger partial charge in [-0.2, -0.15) is 0 Å². The fourth-order valence-corrected chi connectivity index (χ4v) is 5.97. The first-order valence-electron chi connectivity index (χ1n) is 6.29. The van der Waals surface area contributed by atoms with Crippen molar-refractivity contribution in [3.63, 3.8) is 0 Å². The molecule has 0 aliphatic carbocycles. The molecule has 1 aromatic heterocycles. The molecule has 1 heterocycles. The molecule has 0 N–H and O–H groups in total. The van der Waals surface area contributed by atoms with Crippen molar-refractivity contribution < 1.29 is 0 Å². The highest BCUT2D eigenvalue weighted by atomic mass is 79.9. The zero-order valence-electron chi connectivity index (χ0n) is 10.6. The quantitative estimate of drug-likeness (QED) is 0.412. The average Bonchev–Trinajstić information content (AvgIpc) is 2.75. The van der Waals surface area contributed by atoms with Crippen LogP contribution in [0.15, 0.2) is 37.9 Å². The Balaban J connectivity index is 2.15. The van der Waals surface area contributed by atoms with Gasteiger partial charge >= 0.3 is 0 Å². The predicted molar refractivity (Wildman–Crippen MR) is 95.5 cm³/mol. The Kier molecular flexibility index (Phi) is 6.12. The molecule has 0 radical (unpaired) electrons. The van der Waals surface area contributed by atoms with Crippen LogP contribution in [0.4, 0.5) is 0 Å². The Morgan fingerprint density at radius 3 is 2.37 bits per heavy atom. The van der Waals surface area contributed by atoms with Crippen molar-refractivity contribution in [1.29, 1.82) is 0 Å². The topological polar surface area (TPSA) is 0 Å². The highest BCUT2D eigenvalue weighted by Crippen LogP contribution is 2.41. The largest absolute Gasteiger partial charge is 0.121 e. The van der Waals surface area contributed by atoms with E-state index in [9.17, 15) is 0 Å². The standard InChI is InChI=1S/C15H15Br3S/c1-2-3-4-10-5-7-11(8-6-10)14(17)12-9-13(16)19-15(12)18/h5-9,14H,2-4H2,1H3. The summed E-state index contributed by atoms with van der Waals surface area (Å²) in [5.41, 5.74) is 4.00. The predicted octanol–water partition coefficient (Wildman–Crippen LogP) is 7.10. The average molecular weight is 467 g/mol. The minimum absolute atomic E-state index is 0.240. The Morgan fingerprint density at radius 2 is 1.84 bits per heavy atom. The molecule has 0 spiro atoms. The second-order valence-corrected chi connectivity index (χ2v) is 9.15. The van der Waals surface area contributed by atoms with Crippen LogP contribution < -0.4 is 0 Å². The molecule has 0 nitrogen and oxygen atoms in total. The maximum absolute atomic E-state index is 3.79. The van der Waals surface area contributed by atoms with Crippen molar-refractivity contribution in [1.82, 2.24) is 0 Å². The van der Waals surface area contributed by atoms with Gasteiger partial charge in [0.15, 0.2) is 0 Å². The molecule has 2 aromatic rings. The minimum atomic E-state index is 0.240. The van der Waals surface area contributed by atoms with Crippen LogP contribution in [0, 0.1) is 0 Å². The molecule has 102 valence electrons. The molecule has 0 aliphatic heterocycles. The van der Waals surface area contributed by atoms with Crippen LogP contribution in [-0.2, 0) is 6.42 Å². The van der Waals surface area contributed by atoms with E-state index in [4.69, 9.17) is 0 Å². The summed E-state index contributed by atoms with van der Waals surface area (Å²) in [5, 5.41) is 0. The number of hydrogen-bond donors (Lipinski definition) is 0. The van der Waals surface area contributed by atoms with Crippen LogP contribution in [0.1, 0.15) is 41.3 Å². The van der Waals surface area contributed by atoms with E-state index >= 15 is 0 Å². The molecule has 2 rings (SSSR count). The molecule has 0 saturated carbocycles. The lowest BCUT2D eigenvalue weighted by Crippen LogP contribution is -1.92. The van der Waals surface area contributed by atoms with Gasteiger partial charge in [0, 0.05) is 0 Å². The minimum Gasteiger partial charge on any atom is -0.121 e. The lowest BCUT2D eigenvalue weighted by Gasteiger charge is -2.10. The molecular weight excluding hydrogens is 452 g/mol. The molecule has 19 heavy (non-hydrogen) atoms. The van der Waals surface area contributed by atoms with Gasteiger partial charge in [0.2, 0.25) is 0 Å². The first kappa shape index (κ1) is 15.7.